The molecule has 16 heavy (non-hydrogen) atoms. The fourth-order valence-corrected chi connectivity index (χ4v) is 5.03. The third-order valence-corrected chi connectivity index (χ3v) is 5.60. The van der Waals surface area contributed by atoms with E-state index in [2.05, 4.69) is 24.3 Å². The highest BCUT2D eigenvalue weighted by atomic mass is 14.6. The second kappa shape index (κ2) is 3.12. The van der Waals surface area contributed by atoms with Crippen LogP contribution in [0.2, 0.25) is 0 Å². The molecule has 0 radical (unpaired) electrons. The van der Waals surface area contributed by atoms with E-state index in [-0.39, 0.29) is 0 Å². The first kappa shape index (κ1) is 9.27. The quantitative estimate of drug-likeness (QED) is 0.608. The van der Waals surface area contributed by atoms with Crippen LogP contribution in [0.5, 0.6) is 0 Å². The highest BCUT2D eigenvalue weighted by molar-refractivity contribution is 5.39. The van der Waals surface area contributed by atoms with E-state index in [9.17, 15) is 0 Å². The largest absolute Gasteiger partial charge is 0.0620 e. The van der Waals surface area contributed by atoms with Gasteiger partial charge in [0.25, 0.3) is 0 Å². The first-order chi connectivity index (χ1) is 7.88. The molecule has 3 aliphatic carbocycles. The third-order valence-electron chi connectivity index (χ3n) is 5.60. The van der Waals surface area contributed by atoms with Gasteiger partial charge in [-0.05, 0) is 66.9 Å². The predicted octanol–water partition coefficient (Wildman–Crippen LogP) is 4.08. The molecule has 3 aliphatic rings. The van der Waals surface area contributed by atoms with Crippen molar-refractivity contribution in [3.05, 3.63) is 35.4 Å². The molecule has 0 aromatic heterocycles. The summed E-state index contributed by atoms with van der Waals surface area (Å²) < 4.78 is 0. The van der Waals surface area contributed by atoms with Crippen molar-refractivity contribution in [1.82, 2.24) is 0 Å². The first-order valence-corrected chi connectivity index (χ1v) is 6.97. The zero-order valence-electron chi connectivity index (χ0n) is 9.91. The Hall–Kier alpha value is -0.780. The maximum atomic E-state index is 2.44. The summed E-state index contributed by atoms with van der Waals surface area (Å²) in [6.45, 7) is 0. The summed E-state index contributed by atoms with van der Waals surface area (Å²) in [5.41, 5.74) is 4.03. The van der Waals surface area contributed by atoms with Gasteiger partial charge in [-0.3, -0.25) is 0 Å². The maximum absolute atomic E-state index is 2.44. The highest BCUT2D eigenvalue weighted by Crippen LogP contribution is 2.60. The second-order valence-corrected chi connectivity index (χ2v) is 6.25. The van der Waals surface area contributed by atoms with Crippen molar-refractivity contribution in [3.63, 3.8) is 0 Å². The van der Waals surface area contributed by atoms with Crippen molar-refractivity contribution < 1.29 is 0 Å². The van der Waals surface area contributed by atoms with Crippen molar-refractivity contribution in [2.45, 2.75) is 50.4 Å². The molecule has 3 atom stereocenters. The Morgan fingerprint density at radius 2 is 2.06 bits per heavy atom. The lowest BCUT2D eigenvalue weighted by atomic mass is 9.62. The lowest BCUT2D eigenvalue weighted by molar-refractivity contribution is 0.232. The van der Waals surface area contributed by atoms with Crippen LogP contribution in [-0.2, 0) is 11.8 Å². The maximum Gasteiger partial charge on any atom is -0.00132 e. The molecule has 2 saturated carbocycles. The lowest BCUT2D eigenvalue weighted by Crippen LogP contribution is -2.36. The van der Waals surface area contributed by atoms with Gasteiger partial charge in [-0.15, -0.1) is 0 Å². The van der Waals surface area contributed by atoms with E-state index < -0.39 is 0 Å². The van der Waals surface area contributed by atoms with Gasteiger partial charge in [-0.1, -0.05) is 30.7 Å². The van der Waals surface area contributed by atoms with Gasteiger partial charge < -0.3 is 0 Å². The monoisotopic (exact) mass is 212 g/mol. The summed E-state index contributed by atoms with van der Waals surface area (Å²) in [6, 6.07) is 9.31. The number of hydrogen-bond donors (Lipinski definition) is 0. The van der Waals surface area contributed by atoms with E-state index in [1.165, 1.54) is 44.9 Å². The normalized spacial score (nSPS) is 40.2. The standard InChI is InChI=1S/C16H20/c1-2-6-15-13(4-1)5-3-9-16(15)11-12-7-8-14(16)10-12/h1-2,4,6,12,14H,3,5,7-11H2/t12-,14+,16-/m1/s1. The molecular formula is C16H20. The van der Waals surface area contributed by atoms with Gasteiger partial charge >= 0.3 is 0 Å². The first-order valence-electron chi connectivity index (χ1n) is 6.97. The molecule has 1 aromatic rings. The number of rotatable bonds is 0. The Morgan fingerprint density at radius 3 is 2.88 bits per heavy atom. The number of aryl methyl sites for hydroxylation is 1. The van der Waals surface area contributed by atoms with E-state index >= 15 is 0 Å². The zero-order valence-corrected chi connectivity index (χ0v) is 9.91. The average molecular weight is 212 g/mol. The fraction of sp³-hybridized carbons (Fsp3) is 0.625. The Labute approximate surface area is 98.1 Å². The Balaban J connectivity index is 1.86. The third kappa shape index (κ3) is 1.06. The van der Waals surface area contributed by atoms with E-state index in [1.54, 1.807) is 11.1 Å². The average Bonchev–Trinajstić information content (AvgIpc) is 2.90. The minimum atomic E-state index is 0.623. The molecule has 84 valence electrons. The fourth-order valence-electron chi connectivity index (χ4n) is 5.03. The van der Waals surface area contributed by atoms with E-state index in [1.807, 2.05) is 0 Å². The van der Waals surface area contributed by atoms with Crippen LogP contribution in [0.3, 0.4) is 0 Å². The topological polar surface area (TPSA) is 0 Å². The molecule has 0 heterocycles. The summed E-state index contributed by atoms with van der Waals surface area (Å²) in [7, 11) is 0. The highest BCUT2D eigenvalue weighted by Gasteiger charge is 2.52. The van der Waals surface area contributed by atoms with Gasteiger partial charge in [0.05, 0.1) is 0 Å². The van der Waals surface area contributed by atoms with Crippen LogP contribution in [0.4, 0.5) is 0 Å². The Kier molecular flexibility index (Phi) is 1.81. The summed E-state index contributed by atoms with van der Waals surface area (Å²) in [4.78, 5) is 0. The molecule has 1 aromatic carbocycles. The minimum Gasteiger partial charge on any atom is -0.0620 e. The molecule has 0 amide bonds. The molecule has 0 heteroatoms. The SMILES string of the molecule is c1ccc2c(c1)CCC[C@]21C[C@@H]2CC[C@H]1C2. The van der Waals surface area contributed by atoms with Crippen molar-refractivity contribution in [1.29, 1.82) is 0 Å². The van der Waals surface area contributed by atoms with Crippen LogP contribution in [0, 0.1) is 11.8 Å². The van der Waals surface area contributed by atoms with Crippen LogP contribution in [0.15, 0.2) is 24.3 Å². The van der Waals surface area contributed by atoms with Crippen molar-refractivity contribution in [3.8, 4) is 0 Å². The molecular weight excluding hydrogens is 192 g/mol. The molecule has 0 unspecified atom stereocenters. The number of benzene rings is 1. The molecule has 0 nitrogen and oxygen atoms in total. The van der Waals surface area contributed by atoms with Gasteiger partial charge in [0.15, 0.2) is 0 Å². The summed E-state index contributed by atoms with van der Waals surface area (Å²) in [6.07, 6.45) is 10.3. The lowest BCUT2D eigenvalue weighted by Gasteiger charge is -2.42. The smallest absolute Gasteiger partial charge is 0.00132 e. The van der Waals surface area contributed by atoms with Gasteiger partial charge in [0, 0.05) is 0 Å². The zero-order chi connectivity index (χ0) is 10.6. The molecule has 0 aliphatic heterocycles. The second-order valence-electron chi connectivity index (χ2n) is 6.25. The van der Waals surface area contributed by atoms with Crippen molar-refractivity contribution >= 4 is 0 Å². The summed E-state index contributed by atoms with van der Waals surface area (Å²) in [5.74, 6) is 2.09. The van der Waals surface area contributed by atoms with Crippen LogP contribution < -0.4 is 0 Å². The van der Waals surface area contributed by atoms with Gasteiger partial charge in [0.2, 0.25) is 0 Å². The van der Waals surface area contributed by atoms with Crippen molar-refractivity contribution in [2.24, 2.45) is 11.8 Å². The summed E-state index contributed by atoms with van der Waals surface area (Å²) in [5, 5.41) is 0. The van der Waals surface area contributed by atoms with Crippen molar-refractivity contribution in [2.75, 3.05) is 0 Å². The minimum absolute atomic E-state index is 0.623. The van der Waals surface area contributed by atoms with E-state index in [4.69, 9.17) is 0 Å². The van der Waals surface area contributed by atoms with Gasteiger partial charge in [-0.25, -0.2) is 0 Å². The predicted molar refractivity (Wildman–Crippen MR) is 66.5 cm³/mol. The number of fused-ring (bicyclic) bond motifs is 5. The van der Waals surface area contributed by atoms with Gasteiger partial charge in [0.1, 0.15) is 0 Å². The van der Waals surface area contributed by atoms with E-state index in [0.29, 0.717) is 5.41 Å². The number of hydrogen-bond acceptors (Lipinski definition) is 0. The van der Waals surface area contributed by atoms with Crippen LogP contribution in [0.1, 0.15) is 49.7 Å². The molecule has 2 fully saturated rings. The summed E-state index contributed by atoms with van der Waals surface area (Å²) >= 11 is 0. The van der Waals surface area contributed by atoms with Gasteiger partial charge in [-0.2, -0.15) is 0 Å². The Bertz CT molecular complexity index is 420. The van der Waals surface area contributed by atoms with Crippen LogP contribution in [0.25, 0.3) is 0 Å². The Morgan fingerprint density at radius 1 is 1.12 bits per heavy atom. The molecule has 4 rings (SSSR count). The molecule has 1 spiro atoms. The molecule has 0 N–H and O–H groups in total. The van der Waals surface area contributed by atoms with Crippen LogP contribution >= 0.6 is 0 Å². The molecule has 2 bridgehead atoms. The van der Waals surface area contributed by atoms with Crippen LogP contribution in [-0.4, -0.2) is 0 Å². The molecule has 0 saturated heterocycles. The van der Waals surface area contributed by atoms with E-state index in [0.717, 1.165) is 11.8 Å².